The van der Waals surface area contributed by atoms with E-state index in [1.807, 2.05) is 0 Å². The number of fused-ring (bicyclic) bond motifs is 1. The number of nitrogens with one attached hydrogen (secondary N) is 1. The van der Waals surface area contributed by atoms with Gasteiger partial charge in [-0.1, -0.05) is 0 Å². The molecule has 0 saturated heterocycles. The van der Waals surface area contributed by atoms with Crippen LogP contribution in [-0.4, -0.2) is 23.0 Å². The van der Waals surface area contributed by atoms with Crippen molar-refractivity contribution in [3.8, 4) is 0 Å². The lowest BCUT2D eigenvalue weighted by molar-refractivity contribution is -0.123. The number of hydrogen-bond donors (Lipinski definition) is 1. The molecule has 0 radical (unpaired) electrons. The van der Waals surface area contributed by atoms with E-state index in [9.17, 15) is 18.4 Å². The number of ether oxygens (including phenoxy) is 1. The molecule has 8 heteroatoms. The third-order valence-corrected chi connectivity index (χ3v) is 4.20. The van der Waals surface area contributed by atoms with Crippen molar-refractivity contribution in [1.82, 2.24) is 4.98 Å². The first-order valence-corrected chi connectivity index (χ1v) is 8.12. The molecule has 1 aromatic heterocycles. The van der Waals surface area contributed by atoms with Gasteiger partial charge in [0.05, 0.1) is 27.0 Å². The van der Waals surface area contributed by atoms with Crippen LogP contribution in [-0.2, 0) is 9.53 Å². The number of benzene rings is 2. The second kappa shape index (κ2) is 6.94. The minimum Gasteiger partial charge on any atom is -0.449 e. The van der Waals surface area contributed by atoms with Gasteiger partial charge in [0.25, 0.3) is 5.91 Å². The average molecular weight is 362 g/mol. The van der Waals surface area contributed by atoms with Gasteiger partial charge in [0.1, 0.15) is 11.6 Å². The molecule has 0 aliphatic rings. The number of halogens is 2. The topological polar surface area (TPSA) is 68.3 Å². The van der Waals surface area contributed by atoms with Gasteiger partial charge in [-0.05, 0) is 37.3 Å². The number of thiazole rings is 1. The fourth-order valence-electron chi connectivity index (χ4n) is 2.09. The van der Waals surface area contributed by atoms with E-state index in [2.05, 4.69) is 10.3 Å². The summed E-state index contributed by atoms with van der Waals surface area (Å²) in [5, 5.41) is 2.25. The lowest BCUT2D eigenvalue weighted by atomic mass is 10.2. The van der Waals surface area contributed by atoms with Gasteiger partial charge < -0.3 is 10.1 Å². The minimum atomic E-state index is -1.16. The van der Waals surface area contributed by atoms with Crippen LogP contribution in [0.2, 0.25) is 0 Å². The number of amides is 1. The minimum absolute atomic E-state index is 0.194. The van der Waals surface area contributed by atoms with Gasteiger partial charge in [0.15, 0.2) is 6.10 Å². The second-order valence-corrected chi connectivity index (χ2v) is 6.08. The first-order valence-electron chi connectivity index (χ1n) is 7.24. The summed E-state index contributed by atoms with van der Waals surface area (Å²) in [6.45, 7) is 1.36. The standard InChI is InChI=1S/C17H12F2N2O3S/c1-9(16(22)21-13-5-3-11(18)7-12(13)19)24-17(23)10-2-4-14-15(6-10)25-8-20-14/h2-9H,1H3,(H,21,22)/t9-/m1/s1. The van der Waals surface area contributed by atoms with Gasteiger partial charge in [-0.3, -0.25) is 4.79 Å². The van der Waals surface area contributed by atoms with Crippen molar-refractivity contribution in [3.63, 3.8) is 0 Å². The highest BCUT2D eigenvalue weighted by Gasteiger charge is 2.20. The lowest BCUT2D eigenvalue weighted by Gasteiger charge is -2.14. The molecule has 0 spiro atoms. The number of aromatic nitrogens is 1. The first-order chi connectivity index (χ1) is 11.9. The van der Waals surface area contributed by atoms with Crippen LogP contribution in [0.5, 0.6) is 0 Å². The van der Waals surface area contributed by atoms with Crippen LogP contribution >= 0.6 is 11.3 Å². The number of anilines is 1. The highest BCUT2D eigenvalue weighted by Crippen LogP contribution is 2.20. The van der Waals surface area contributed by atoms with Gasteiger partial charge in [0.2, 0.25) is 0 Å². The smallest absolute Gasteiger partial charge is 0.338 e. The van der Waals surface area contributed by atoms with E-state index in [0.717, 1.165) is 22.3 Å². The molecule has 3 aromatic rings. The van der Waals surface area contributed by atoms with Gasteiger partial charge in [-0.15, -0.1) is 11.3 Å². The zero-order valence-corrected chi connectivity index (χ0v) is 13.8. The van der Waals surface area contributed by atoms with Crippen LogP contribution in [0.15, 0.2) is 41.9 Å². The van der Waals surface area contributed by atoms with E-state index in [0.29, 0.717) is 6.07 Å². The van der Waals surface area contributed by atoms with Crippen molar-refractivity contribution in [1.29, 1.82) is 0 Å². The Hall–Kier alpha value is -2.87. The highest BCUT2D eigenvalue weighted by atomic mass is 32.1. The summed E-state index contributed by atoms with van der Waals surface area (Å²) >= 11 is 1.38. The Balaban J connectivity index is 1.66. The monoisotopic (exact) mass is 362 g/mol. The largest absolute Gasteiger partial charge is 0.449 e. The van der Waals surface area contributed by atoms with Crippen LogP contribution in [0.3, 0.4) is 0 Å². The van der Waals surface area contributed by atoms with E-state index in [4.69, 9.17) is 4.74 Å². The Morgan fingerprint density at radius 1 is 1.20 bits per heavy atom. The quantitative estimate of drug-likeness (QED) is 0.718. The van der Waals surface area contributed by atoms with E-state index >= 15 is 0 Å². The summed E-state index contributed by atoms with van der Waals surface area (Å²) in [6.07, 6.45) is -1.16. The molecule has 0 bridgehead atoms. The third kappa shape index (κ3) is 3.80. The van der Waals surface area contributed by atoms with Crippen LogP contribution in [0, 0.1) is 11.6 Å². The molecule has 5 nitrogen and oxygen atoms in total. The second-order valence-electron chi connectivity index (χ2n) is 5.20. The van der Waals surface area contributed by atoms with Crippen molar-refractivity contribution in [3.05, 3.63) is 59.1 Å². The number of carbonyl (C=O) groups excluding carboxylic acids is 2. The number of rotatable bonds is 4. The Bertz CT molecular complexity index is 958. The molecule has 0 unspecified atom stereocenters. The summed E-state index contributed by atoms with van der Waals surface area (Å²) in [5.74, 6) is -3.08. The van der Waals surface area contributed by atoms with Crippen molar-refractivity contribution >= 4 is 39.1 Å². The number of hydrogen-bond acceptors (Lipinski definition) is 5. The molecule has 2 aromatic carbocycles. The molecule has 25 heavy (non-hydrogen) atoms. The third-order valence-electron chi connectivity index (χ3n) is 3.41. The molecule has 1 heterocycles. The Morgan fingerprint density at radius 3 is 2.76 bits per heavy atom. The highest BCUT2D eigenvalue weighted by molar-refractivity contribution is 7.16. The van der Waals surface area contributed by atoms with Gasteiger partial charge in [-0.25, -0.2) is 18.6 Å². The maximum Gasteiger partial charge on any atom is 0.338 e. The molecule has 128 valence electrons. The van der Waals surface area contributed by atoms with Gasteiger partial charge >= 0.3 is 5.97 Å². The van der Waals surface area contributed by atoms with Gasteiger partial charge in [0, 0.05) is 6.07 Å². The van der Waals surface area contributed by atoms with Gasteiger partial charge in [-0.2, -0.15) is 0 Å². The summed E-state index contributed by atoms with van der Waals surface area (Å²) in [7, 11) is 0. The molecule has 1 amide bonds. The van der Waals surface area contributed by atoms with Crippen molar-refractivity contribution in [2.24, 2.45) is 0 Å². The number of nitrogens with zero attached hydrogens (tertiary/aromatic N) is 1. The van der Waals surface area contributed by atoms with Crippen LogP contribution in [0.25, 0.3) is 10.2 Å². The van der Waals surface area contributed by atoms with Crippen molar-refractivity contribution < 1.29 is 23.1 Å². The number of esters is 1. The predicted octanol–water partition coefficient (Wildman–Crippen LogP) is 3.76. The fourth-order valence-corrected chi connectivity index (χ4v) is 2.81. The maximum atomic E-state index is 13.6. The zero-order valence-electron chi connectivity index (χ0n) is 13.0. The summed E-state index contributed by atoms with van der Waals surface area (Å²) in [5.41, 5.74) is 2.51. The summed E-state index contributed by atoms with van der Waals surface area (Å²) in [4.78, 5) is 28.3. The normalized spacial score (nSPS) is 12.0. The SMILES string of the molecule is C[C@@H](OC(=O)c1ccc2ncsc2c1)C(=O)Nc1ccc(F)cc1F. The average Bonchev–Trinajstić information content (AvgIpc) is 3.04. The molecule has 3 rings (SSSR count). The maximum absolute atomic E-state index is 13.6. The molecule has 0 aliphatic carbocycles. The molecular formula is C17H12F2N2O3S. The van der Waals surface area contributed by atoms with Crippen LogP contribution in [0.1, 0.15) is 17.3 Å². The Morgan fingerprint density at radius 2 is 2.00 bits per heavy atom. The molecule has 0 saturated carbocycles. The predicted molar refractivity (Wildman–Crippen MR) is 89.5 cm³/mol. The van der Waals surface area contributed by atoms with Crippen LogP contribution < -0.4 is 5.32 Å². The lowest BCUT2D eigenvalue weighted by Crippen LogP contribution is -2.30. The molecule has 1 N–H and O–H groups in total. The van der Waals surface area contributed by atoms with Crippen molar-refractivity contribution in [2.75, 3.05) is 5.32 Å². The molecule has 0 aliphatic heterocycles. The van der Waals surface area contributed by atoms with E-state index in [1.54, 1.807) is 23.7 Å². The summed E-state index contributed by atoms with van der Waals surface area (Å²) < 4.78 is 32.3. The van der Waals surface area contributed by atoms with Crippen molar-refractivity contribution in [2.45, 2.75) is 13.0 Å². The fraction of sp³-hybridized carbons (Fsp3) is 0.118. The number of carbonyl (C=O) groups is 2. The Kier molecular flexibility index (Phi) is 4.71. The summed E-state index contributed by atoms with van der Waals surface area (Å²) in [6, 6.07) is 7.61. The van der Waals surface area contributed by atoms with E-state index in [-0.39, 0.29) is 11.3 Å². The molecule has 0 fully saturated rings. The Labute approximate surface area is 145 Å². The van der Waals surface area contributed by atoms with E-state index < -0.39 is 29.6 Å². The molecule has 1 atom stereocenters. The molecular weight excluding hydrogens is 350 g/mol. The van der Waals surface area contributed by atoms with Crippen LogP contribution in [0.4, 0.5) is 14.5 Å². The first kappa shape index (κ1) is 17.0. The van der Waals surface area contributed by atoms with E-state index in [1.165, 1.54) is 18.3 Å². The zero-order chi connectivity index (χ0) is 18.0.